The summed E-state index contributed by atoms with van der Waals surface area (Å²) < 4.78 is 37.8. The molecule has 0 spiro atoms. The lowest BCUT2D eigenvalue weighted by Gasteiger charge is -2.18. The summed E-state index contributed by atoms with van der Waals surface area (Å²) in [5.41, 5.74) is 0.489. The lowest BCUT2D eigenvalue weighted by atomic mass is 10.2. The molecule has 1 heterocycles. The largest absolute Gasteiger partial charge is 0.369 e. The van der Waals surface area contributed by atoms with E-state index in [1.165, 1.54) is 12.1 Å². The van der Waals surface area contributed by atoms with Crippen LogP contribution in [-0.2, 0) is 4.79 Å². The summed E-state index contributed by atoms with van der Waals surface area (Å²) in [5, 5.41) is 1.95. The fourth-order valence-electron chi connectivity index (χ4n) is 2.00. The first kappa shape index (κ1) is 12.7. The molecule has 1 aromatic rings. The third-order valence-corrected chi connectivity index (χ3v) is 2.86. The second-order valence-electron chi connectivity index (χ2n) is 4.15. The van der Waals surface area contributed by atoms with Crippen molar-refractivity contribution in [2.24, 2.45) is 0 Å². The zero-order chi connectivity index (χ0) is 13.1. The van der Waals surface area contributed by atoms with Crippen molar-refractivity contribution in [1.82, 2.24) is 0 Å². The number of amides is 1. The molecule has 3 nitrogen and oxygen atoms in total. The zero-order valence-corrected chi connectivity index (χ0v) is 9.63. The highest BCUT2D eigenvalue weighted by atomic mass is 19.3. The number of carbonyl (C=O) groups excluding carboxylic acids is 1. The summed E-state index contributed by atoms with van der Waals surface area (Å²) in [6.07, 6.45) is -1.07. The molecule has 0 aliphatic carbocycles. The van der Waals surface area contributed by atoms with Crippen LogP contribution in [0.2, 0.25) is 0 Å². The van der Waals surface area contributed by atoms with Gasteiger partial charge >= 0.3 is 6.43 Å². The maximum Gasteiger partial charge on any atom is 0.315 e. The minimum Gasteiger partial charge on any atom is -0.369 e. The van der Waals surface area contributed by atoms with Crippen LogP contribution in [0.3, 0.4) is 0 Å². The Morgan fingerprint density at radius 2 is 1.94 bits per heavy atom. The van der Waals surface area contributed by atoms with Crippen molar-refractivity contribution in [2.75, 3.05) is 23.3 Å². The Balaban J connectivity index is 2.11. The Labute approximate surface area is 103 Å². The summed E-state index contributed by atoms with van der Waals surface area (Å²) in [7, 11) is 0. The van der Waals surface area contributed by atoms with Gasteiger partial charge in [0.2, 0.25) is 0 Å². The molecule has 0 aromatic heterocycles. The Hall–Kier alpha value is -1.72. The smallest absolute Gasteiger partial charge is 0.315 e. The highest BCUT2D eigenvalue weighted by Gasteiger charge is 2.18. The second-order valence-corrected chi connectivity index (χ2v) is 4.15. The Morgan fingerprint density at radius 3 is 2.50 bits per heavy atom. The summed E-state index contributed by atoms with van der Waals surface area (Å²) >= 11 is 0. The van der Waals surface area contributed by atoms with Gasteiger partial charge in [-0.2, -0.15) is 8.78 Å². The van der Waals surface area contributed by atoms with Gasteiger partial charge in [-0.25, -0.2) is 4.39 Å². The van der Waals surface area contributed by atoms with E-state index in [2.05, 4.69) is 0 Å². The molecule has 0 atom stereocenters. The van der Waals surface area contributed by atoms with E-state index in [-0.39, 0.29) is 5.69 Å². The van der Waals surface area contributed by atoms with Gasteiger partial charge in [-0.15, -0.1) is 0 Å². The van der Waals surface area contributed by atoms with Crippen molar-refractivity contribution in [2.45, 2.75) is 19.3 Å². The Kier molecular flexibility index (Phi) is 3.74. The Bertz CT molecular complexity index is 445. The molecule has 0 bridgehead atoms. The van der Waals surface area contributed by atoms with Crippen LogP contribution in [0.15, 0.2) is 18.2 Å². The molecule has 1 fully saturated rings. The maximum atomic E-state index is 13.8. The highest BCUT2D eigenvalue weighted by molar-refractivity contribution is 5.93. The highest BCUT2D eigenvalue weighted by Crippen LogP contribution is 2.26. The number of nitrogens with zero attached hydrogens (tertiary/aromatic N) is 1. The normalized spacial score (nSPS) is 15.2. The molecular weight excluding hydrogens is 245 g/mol. The van der Waals surface area contributed by atoms with Crippen LogP contribution < -0.4 is 10.2 Å². The first-order valence-corrected chi connectivity index (χ1v) is 5.71. The van der Waals surface area contributed by atoms with Crippen LogP contribution in [0.5, 0.6) is 0 Å². The van der Waals surface area contributed by atoms with E-state index in [4.69, 9.17) is 0 Å². The molecule has 1 saturated heterocycles. The number of nitrogens with one attached hydrogen (secondary N) is 1. The zero-order valence-electron chi connectivity index (χ0n) is 9.63. The van der Waals surface area contributed by atoms with E-state index in [1.807, 2.05) is 10.2 Å². The third-order valence-electron chi connectivity index (χ3n) is 2.86. The number of hydrogen-bond donors (Lipinski definition) is 1. The van der Waals surface area contributed by atoms with Gasteiger partial charge in [-0.1, -0.05) is 0 Å². The van der Waals surface area contributed by atoms with Gasteiger partial charge in [0, 0.05) is 18.8 Å². The van der Waals surface area contributed by atoms with E-state index >= 15 is 0 Å². The Morgan fingerprint density at radius 1 is 1.28 bits per heavy atom. The molecule has 0 saturated carbocycles. The molecule has 18 heavy (non-hydrogen) atoms. The number of rotatable bonds is 3. The quantitative estimate of drug-likeness (QED) is 0.903. The van der Waals surface area contributed by atoms with Crippen LogP contribution in [0, 0.1) is 5.82 Å². The molecule has 0 radical (unpaired) electrons. The molecule has 1 aliphatic rings. The van der Waals surface area contributed by atoms with Crippen molar-refractivity contribution < 1.29 is 18.0 Å². The van der Waals surface area contributed by atoms with Crippen molar-refractivity contribution in [3.8, 4) is 0 Å². The number of carbonyl (C=O) groups is 1. The minimum atomic E-state index is -3.11. The SMILES string of the molecule is O=C(Nc1ccc(N2CCCC2)c(F)c1)C(F)F. The van der Waals surface area contributed by atoms with E-state index in [0.29, 0.717) is 5.69 Å². The van der Waals surface area contributed by atoms with Crippen LogP contribution in [0.4, 0.5) is 24.5 Å². The number of anilines is 2. The monoisotopic (exact) mass is 258 g/mol. The number of halogens is 3. The van der Waals surface area contributed by atoms with Gasteiger partial charge < -0.3 is 10.2 Å². The molecule has 1 aromatic carbocycles. The predicted octanol–water partition coefficient (Wildman–Crippen LogP) is 2.63. The summed E-state index contributed by atoms with van der Waals surface area (Å²) in [4.78, 5) is 12.7. The van der Waals surface area contributed by atoms with Gasteiger partial charge in [0.25, 0.3) is 5.91 Å². The van der Waals surface area contributed by atoms with Gasteiger partial charge in [0.1, 0.15) is 5.82 Å². The second kappa shape index (κ2) is 5.29. The third kappa shape index (κ3) is 2.75. The van der Waals surface area contributed by atoms with Crippen molar-refractivity contribution in [3.05, 3.63) is 24.0 Å². The van der Waals surface area contributed by atoms with Crippen molar-refractivity contribution >= 4 is 17.3 Å². The molecular formula is C12H13F3N2O. The van der Waals surface area contributed by atoms with Crippen LogP contribution in [0.1, 0.15) is 12.8 Å². The van der Waals surface area contributed by atoms with Crippen molar-refractivity contribution in [3.63, 3.8) is 0 Å². The average molecular weight is 258 g/mol. The summed E-state index contributed by atoms with van der Waals surface area (Å²) in [6.45, 7) is 1.58. The van der Waals surface area contributed by atoms with E-state index in [1.54, 1.807) is 0 Å². The molecule has 6 heteroatoms. The van der Waals surface area contributed by atoms with Gasteiger partial charge in [-0.05, 0) is 31.0 Å². The minimum absolute atomic E-state index is 0.0424. The van der Waals surface area contributed by atoms with E-state index in [9.17, 15) is 18.0 Å². The van der Waals surface area contributed by atoms with E-state index in [0.717, 1.165) is 32.0 Å². The standard InChI is InChI=1S/C12H13F3N2O/c13-9-7-8(16-12(18)11(14)15)3-4-10(9)17-5-1-2-6-17/h3-4,7,11H,1-2,5-6H2,(H,16,18). The van der Waals surface area contributed by atoms with Gasteiger partial charge in [0.05, 0.1) is 5.69 Å². The molecule has 0 unspecified atom stereocenters. The fourth-order valence-corrected chi connectivity index (χ4v) is 2.00. The molecule has 1 aliphatic heterocycles. The predicted molar refractivity (Wildman–Crippen MR) is 62.5 cm³/mol. The van der Waals surface area contributed by atoms with Crippen LogP contribution in [0.25, 0.3) is 0 Å². The average Bonchev–Trinajstić information content (AvgIpc) is 2.82. The lowest BCUT2D eigenvalue weighted by Crippen LogP contribution is -2.21. The summed E-state index contributed by atoms with van der Waals surface area (Å²) in [6, 6.07) is 3.99. The maximum absolute atomic E-state index is 13.8. The molecule has 2 rings (SSSR count). The van der Waals surface area contributed by atoms with E-state index < -0.39 is 18.1 Å². The van der Waals surface area contributed by atoms with Crippen LogP contribution >= 0.6 is 0 Å². The first-order chi connectivity index (χ1) is 8.58. The summed E-state index contributed by atoms with van der Waals surface area (Å²) in [5.74, 6) is -1.94. The van der Waals surface area contributed by atoms with Gasteiger partial charge in [-0.3, -0.25) is 4.79 Å². The van der Waals surface area contributed by atoms with Crippen molar-refractivity contribution in [1.29, 1.82) is 0 Å². The fraction of sp³-hybridized carbons (Fsp3) is 0.417. The molecule has 1 amide bonds. The number of hydrogen-bond acceptors (Lipinski definition) is 2. The lowest BCUT2D eigenvalue weighted by molar-refractivity contribution is -0.126. The number of benzene rings is 1. The topological polar surface area (TPSA) is 32.3 Å². The van der Waals surface area contributed by atoms with Crippen LogP contribution in [-0.4, -0.2) is 25.4 Å². The first-order valence-electron chi connectivity index (χ1n) is 5.71. The van der Waals surface area contributed by atoms with Gasteiger partial charge in [0.15, 0.2) is 0 Å². The number of alkyl halides is 2. The molecule has 98 valence electrons. The molecule has 1 N–H and O–H groups in total.